The van der Waals surface area contributed by atoms with Gasteiger partial charge >= 0.3 is 7.32 Å². The Morgan fingerprint density at radius 3 is 2.26 bits per heavy atom. The maximum Gasteiger partial charge on any atom is 0.707 e. The molecule has 1 rings (SSSR count). The minimum Gasteiger partial charge on any atom is -0.512 e. The molecule has 0 aliphatic heterocycles. The second-order valence-electron chi connectivity index (χ2n) is 4.94. The first kappa shape index (κ1) is 15.5. The predicted molar refractivity (Wildman–Crippen MR) is 70.5 cm³/mol. The summed E-state index contributed by atoms with van der Waals surface area (Å²) in [6, 6.07) is 5.96. The van der Waals surface area contributed by atoms with E-state index in [1.807, 2.05) is 0 Å². The van der Waals surface area contributed by atoms with Crippen LogP contribution in [0.2, 0.25) is 0 Å². The van der Waals surface area contributed by atoms with Gasteiger partial charge in [0.15, 0.2) is 0 Å². The Morgan fingerprint density at radius 1 is 1.32 bits per heavy atom. The number of rotatable bonds is 5. The first-order valence-corrected chi connectivity index (χ1v) is 5.80. The minimum absolute atomic E-state index is 0.208. The van der Waals surface area contributed by atoms with E-state index in [4.69, 9.17) is 10.0 Å². The fraction of sp³-hybridized carbons (Fsp3) is 0.417. The monoisotopic (exact) mass is 267 g/mol. The highest BCUT2D eigenvalue weighted by molar-refractivity contribution is 6.33. The van der Waals surface area contributed by atoms with E-state index in [2.05, 4.69) is 4.65 Å². The van der Waals surface area contributed by atoms with E-state index in [1.54, 1.807) is 20.9 Å². The molecule has 1 amide bonds. The fourth-order valence-electron chi connectivity index (χ4n) is 1.67. The van der Waals surface area contributed by atoms with Crippen molar-refractivity contribution in [2.45, 2.75) is 19.4 Å². The zero-order chi connectivity index (χ0) is 14.6. The van der Waals surface area contributed by atoms with Crippen molar-refractivity contribution in [2.75, 3.05) is 13.6 Å². The predicted octanol–water partition coefficient (Wildman–Crippen LogP) is -0.122. The number of likely N-dealkylation sites (N-methyl/N-ethyl adjacent to an activating group) is 1. The van der Waals surface area contributed by atoms with E-state index < -0.39 is 12.9 Å². The van der Waals surface area contributed by atoms with Crippen LogP contribution in [-0.4, -0.2) is 52.5 Å². The lowest BCUT2D eigenvalue weighted by atomic mass is 10.1. The smallest absolute Gasteiger partial charge is 0.512 e. The van der Waals surface area contributed by atoms with Crippen molar-refractivity contribution in [3.8, 4) is 5.75 Å². The van der Waals surface area contributed by atoms with E-state index in [1.165, 1.54) is 29.2 Å². The van der Waals surface area contributed by atoms with Crippen molar-refractivity contribution in [2.24, 2.45) is 0 Å². The van der Waals surface area contributed by atoms with Gasteiger partial charge in [-0.1, -0.05) is 0 Å². The van der Waals surface area contributed by atoms with Crippen molar-refractivity contribution in [1.29, 1.82) is 0 Å². The summed E-state index contributed by atoms with van der Waals surface area (Å²) in [4.78, 5) is 13.4. The molecule has 0 radical (unpaired) electrons. The number of hydrogen-bond acceptors (Lipinski definition) is 5. The molecule has 0 aromatic heterocycles. The molecule has 0 unspecified atom stereocenters. The summed E-state index contributed by atoms with van der Waals surface area (Å²) in [5.41, 5.74) is -0.541. The number of carbonyl (C=O) groups excluding carboxylic acids is 1. The van der Waals surface area contributed by atoms with Crippen molar-refractivity contribution in [3.63, 3.8) is 0 Å². The largest absolute Gasteiger partial charge is 0.707 e. The standard InChI is InChI=1S/C12H18BNO5/c1-12(2,16)8-14(3)11(15)9-4-6-10(7-5-9)19-13(17)18/h4-7,16-18H,8H2,1-3H3. The second kappa shape index (κ2) is 6.05. The lowest BCUT2D eigenvalue weighted by Crippen LogP contribution is -2.39. The number of benzene rings is 1. The number of amides is 1. The van der Waals surface area contributed by atoms with Crippen LogP contribution < -0.4 is 4.65 Å². The maximum absolute atomic E-state index is 12.0. The van der Waals surface area contributed by atoms with Gasteiger partial charge in [0.1, 0.15) is 5.75 Å². The quantitative estimate of drug-likeness (QED) is 0.647. The fourth-order valence-corrected chi connectivity index (χ4v) is 1.67. The highest BCUT2D eigenvalue weighted by Gasteiger charge is 2.20. The summed E-state index contributed by atoms with van der Waals surface area (Å²) < 4.78 is 4.64. The molecule has 0 aliphatic carbocycles. The van der Waals surface area contributed by atoms with E-state index in [9.17, 15) is 9.90 Å². The topological polar surface area (TPSA) is 90.2 Å². The van der Waals surface area contributed by atoms with Crippen LogP contribution in [0.3, 0.4) is 0 Å². The van der Waals surface area contributed by atoms with Crippen molar-refractivity contribution >= 4 is 13.2 Å². The molecule has 0 saturated carbocycles. The third kappa shape index (κ3) is 5.29. The summed E-state index contributed by atoms with van der Waals surface area (Å²) in [6.45, 7) is 3.45. The SMILES string of the molecule is CN(CC(C)(C)O)C(=O)c1ccc(OB(O)O)cc1. The van der Waals surface area contributed by atoms with Crippen LogP contribution in [0, 0.1) is 0 Å². The van der Waals surface area contributed by atoms with Crippen LogP contribution in [0.5, 0.6) is 5.75 Å². The molecule has 7 heteroatoms. The van der Waals surface area contributed by atoms with Crippen LogP contribution in [-0.2, 0) is 0 Å². The van der Waals surface area contributed by atoms with E-state index in [0.29, 0.717) is 5.56 Å². The van der Waals surface area contributed by atoms with Crippen LogP contribution in [0.15, 0.2) is 24.3 Å². The highest BCUT2D eigenvalue weighted by atomic mass is 16.6. The van der Waals surface area contributed by atoms with Gasteiger partial charge in [0, 0.05) is 19.2 Å². The highest BCUT2D eigenvalue weighted by Crippen LogP contribution is 2.14. The molecule has 0 bridgehead atoms. The summed E-state index contributed by atoms with van der Waals surface area (Å²) >= 11 is 0. The molecule has 0 aliphatic rings. The summed E-state index contributed by atoms with van der Waals surface area (Å²) in [6.07, 6.45) is 0. The summed E-state index contributed by atoms with van der Waals surface area (Å²) in [5, 5.41) is 26.9. The Labute approximate surface area is 112 Å². The van der Waals surface area contributed by atoms with Gasteiger partial charge in [-0.3, -0.25) is 4.79 Å². The number of aliphatic hydroxyl groups is 1. The van der Waals surface area contributed by atoms with Crippen molar-refractivity contribution in [3.05, 3.63) is 29.8 Å². The molecule has 3 N–H and O–H groups in total. The number of carbonyl (C=O) groups is 1. The third-order valence-electron chi connectivity index (χ3n) is 2.31. The Morgan fingerprint density at radius 2 is 1.84 bits per heavy atom. The van der Waals surface area contributed by atoms with Crippen molar-refractivity contribution in [1.82, 2.24) is 4.90 Å². The molecule has 0 spiro atoms. The van der Waals surface area contributed by atoms with Gasteiger partial charge in [-0.15, -0.1) is 0 Å². The van der Waals surface area contributed by atoms with E-state index in [-0.39, 0.29) is 18.2 Å². The first-order chi connectivity index (χ1) is 8.69. The molecule has 19 heavy (non-hydrogen) atoms. The van der Waals surface area contributed by atoms with E-state index >= 15 is 0 Å². The molecule has 0 heterocycles. The zero-order valence-electron chi connectivity index (χ0n) is 11.2. The average Bonchev–Trinajstić information content (AvgIpc) is 2.26. The first-order valence-electron chi connectivity index (χ1n) is 5.80. The molecule has 0 atom stereocenters. The van der Waals surface area contributed by atoms with E-state index in [0.717, 1.165) is 0 Å². The van der Waals surface area contributed by atoms with Gasteiger partial charge in [0.2, 0.25) is 0 Å². The number of hydrogen-bond donors (Lipinski definition) is 3. The lowest BCUT2D eigenvalue weighted by molar-refractivity contribution is 0.0368. The van der Waals surface area contributed by atoms with Crippen LogP contribution >= 0.6 is 0 Å². The Balaban J connectivity index is 2.72. The molecule has 6 nitrogen and oxygen atoms in total. The van der Waals surface area contributed by atoms with Crippen LogP contribution in [0.25, 0.3) is 0 Å². The molecule has 104 valence electrons. The molecule has 1 aromatic rings. The molecule has 1 aromatic carbocycles. The van der Waals surface area contributed by atoms with Gasteiger partial charge in [-0.25, -0.2) is 0 Å². The molecule has 0 fully saturated rings. The second-order valence-corrected chi connectivity index (χ2v) is 4.94. The minimum atomic E-state index is -1.89. The third-order valence-corrected chi connectivity index (χ3v) is 2.31. The van der Waals surface area contributed by atoms with Gasteiger partial charge in [0.25, 0.3) is 5.91 Å². The number of nitrogens with zero attached hydrogens (tertiary/aromatic N) is 1. The zero-order valence-corrected chi connectivity index (χ0v) is 11.2. The Bertz CT molecular complexity index is 427. The van der Waals surface area contributed by atoms with Gasteiger partial charge in [-0.2, -0.15) is 0 Å². The molecular formula is C12H18BNO5. The lowest BCUT2D eigenvalue weighted by Gasteiger charge is -2.25. The van der Waals surface area contributed by atoms with Crippen LogP contribution in [0.4, 0.5) is 0 Å². The van der Waals surface area contributed by atoms with Gasteiger partial charge in [0.05, 0.1) is 5.60 Å². The van der Waals surface area contributed by atoms with Gasteiger partial charge in [-0.05, 0) is 38.1 Å². The Kier molecular flexibility index (Phi) is 4.93. The average molecular weight is 267 g/mol. The Hall–Kier alpha value is -1.57. The summed E-state index contributed by atoms with van der Waals surface area (Å²) in [5.74, 6) is 0.00918. The molecule has 0 saturated heterocycles. The normalized spacial score (nSPS) is 11.1. The maximum atomic E-state index is 12.0. The van der Waals surface area contributed by atoms with Crippen LogP contribution in [0.1, 0.15) is 24.2 Å². The van der Waals surface area contributed by atoms with Gasteiger partial charge < -0.3 is 24.7 Å². The van der Waals surface area contributed by atoms with Crippen molar-refractivity contribution < 1.29 is 24.6 Å². The molecular weight excluding hydrogens is 249 g/mol. The summed E-state index contributed by atoms with van der Waals surface area (Å²) in [7, 11) is -0.290.